The fourth-order valence-electron chi connectivity index (χ4n) is 1.80. The monoisotopic (exact) mass is 307 g/mol. The van der Waals surface area contributed by atoms with Gasteiger partial charge >= 0.3 is 5.97 Å². The molecule has 2 aromatic rings. The van der Waals surface area contributed by atoms with Crippen molar-refractivity contribution in [1.82, 2.24) is 0 Å². The zero-order chi connectivity index (χ0) is 15.4. The molecule has 0 aromatic heterocycles. The Bertz CT molecular complexity index is 673. The SMILES string of the molecule is COc1cc(N)c(C(=O)O)cc1OCc1ccccc1Cl. The Hall–Kier alpha value is -2.40. The summed E-state index contributed by atoms with van der Waals surface area (Å²) in [5, 5.41) is 9.66. The zero-order valence-corrected chi connectivity index (χ0v) is 12.1. The number of nitrogens with two attached hydrogens (primary N) is 1. The van der Waals surface area contributed by atoms with Gasteiger partial charge in [0.2, 0.25) is 0 Å². The number of hydrogen-bond acceptors (Lipinski definition) is 4. The average Bonchev–Trinajstić information content (AvgIpc) is 2.46. The predicted molar refractivity (Wildman–Crippen MR) is 80.1 cm³/mol. The molecular weight excluding hydrogens is 294 g/mol. The number of hydrogen-bond donors (Lipinski definition) is 2. The van der Waals surface area contributed by atoms with Crippen LogP contribution in [0.3, 0.4) is 0 Å². The molecule has 2 aromatic carbocycles. The molecule has 0 spiro atoms. The van der Waals surface area contributed by atoms with E-state index in [4.69, 9.17) is 31.9 Å². The summed E-state index contributed by atoms with van der Waals surface area (Å²) in [7, 11) is 1.46. The highest BCUT2D eigenvalue weighted by Crippen LogP contribution is 2.33. The molecule has 5 nitrogen and oxygen atoms in total. The van der Waals surface area contributed by atoms with Gasteiger partial charge in [-0.2, -0.15) is 0 Å². The van der Waals surface area contributed by atoms with Gasteiger partial charge in [-0.05, 0) is 6.07 Å². The van der Waals surface area contributed by atoms with Gasteiger partial charge in [-0.3, -0.25) is 0 Å². The van der Waals surface area contributed by atoms with E-state index < -0.39 is 5.97 Å². The smallest absolute Gasteiger partial charge is 0.337 e. The molecule has 2 rings (SSSR count). The number of carboxylic acid groups (broad SMARTS) is 1. The number of carbonyl (C=O) groups is 1. The van der Waals surface area contributed by atoms with Crippen LogP contribution < -0.4 is 15.2 Å². The molecule has 0 unspecified atom stereocenters. The van der Waals surface area contributed by atoms with Crippen molar-refractivity contribution in [3.63, 3.8) is 0 Å². The first-order valence-electron chi connectivity index (χ1n) is 6.10. The van der Waals surface area contributed by atoms with E-state index in [1.54, 1.807) is 6.07 Å². The van der Waals surface area contributed by atoms with Gasteiger partial charge in [0.05, 0.1) is 18.4 Å². The third-order valence-corrected chi connectivity index (χ3v) is 3.28. The van der Waals surface area contributed by atoms with Crippen molar-refractivity contribution < 1.29 is 19.4 Å². The van der Waals surface area contributed by atoms with Gasteiger partial charge in [0.1, 0.15) is 6.61 Å². The zero-order valence-electron chi connectivity index (χ0n) is 11.3. The highest BCUT2D eigenvalue weighted by Gasteiger charge is 2.15. The molecule has 0 heterocycles. The molecular formula is C15H14ClNO4. The Morgan fingerprint density at radius 3 is 2.62 bits per heavy atom. The summed E-state index contributed by atoms with van der Waals surface area (Å²) in [6, 6.07) is 10.00. The number of rotatable bonds is 5. The quantitative estimate of drug-likeness (QED) is 0.829. The van der Waals surface area contributed by atoms with Crippen LogP contribution in [-0.2, 0) is 6.61 Å². The van der Waals surface area contributed by atoms with Gasteiger partial charge in [0.15, 0.2) is 11.5 Å². The third kappa shape index (κ3) is 3.38. The van der Waals surface area contributed by atoms with Crippen LogP contribution in [0.5, 0.6) is 11.5 Å². The van der Waals surface area contributed by atoms with E-state index in [1.165, 1.54) is 19.2 Å². The van der Waals surface area contributed by atoms with Crippen molar-refractivity contribution in [3.05, 3.63) is 52.5 Å². The van der Waals surface area contributed by atoms with Crippen molar-refractivity contribution in [1.29, 1.82) is 0 Å². The van der Waals surface area contributed by atoms with E-state index in [9.17, 15) is 4.79 Å². The summed E-state index contributed by atoms with van der Waals surface area (Å²) in [5.74, 6) is -0.466. The predicted octanol–water partition coefficient (Wildman–Crippen LogP) is 3.21. The van der Waals surface area contributed by atoms with Gasteiger partial charge in [-0.1, -0.05) is 29.8 Å². The number of ether oxygens (including phenoxy) is 2. The lowest BCUT2D eigenvalue weighted by atomic mass is 10.1. The maximum atomic E-state index is 11.1. The number of benzene rings is 2. The van der Waals surface area contributed by atoms with Gasteiger partial charge in [-0.25, -0.2) is 4.79 Å². The maximum absolute atomic E-state index is 11.1. The summed E-state index contributed by atoms with van der Waals surface area (Å²) >= 11 is 6.05. The minimum Gasteiger partial charge on any atom is -0.493 e. The molecule has 0 atom stereocenters. The summed E-state index contributed by atoms with van der Waals surface area (Å²) in [6.07, 6.45) is 0. The Balaban J connectivity index is 2.28. The maximum Gasteiger partial charge on any atom is 0.337 e. The van der Waals surface area contributed by atoms with Gasteiger partial charge in [0, 0.05) is 22.7 Å². The summed E-state index contributed by atoms with van der Waals surface area (Å²) < 4.78 is 10.8. The van der Waals surface area contributed by atoms with E-state index in [2.05, 4.69) is 0 Å². The second-order valence-electron chi connectivity index (χ2n) is 4.28. The van der Waals surface area contributed by atoms with E-state index in [0.29, 0.717) is 16.5 Å². The largest absolute Gasteiger partial charge is 0.493 e. The van der Waals surface area contributed by atoms with Crippen LogP contribution in [0.1, 0.15) is 15.9 Å². The highest BCUT2D eigenvalue weighted by atomic mass is 35.5. The molecule has 0 fully saturated rings. The molecule has 0 amide bonds. The topological polar surface area (TPSA) is 81.8 Å². The van der Waals surface area contributed by atoms with Crippen molar-refractivity contribution in [2.75, 3.05) is 12.8 Å². The van der Waals surface area contributed by atoms with Crippen molar-refractivity contribution in [2.45, 2.75) is 6.61 Å². The number of halogens is 1. The summed E-state index contributed by atoms with van der Waals surface area (Å²) in [4.78, 5) is 11.1. The molecule has 6 heteroatoms. The number of carboxylic acids is 1. The second kappa shape index (κ2) is 6.37. The molecule has 110 valence electrons. The van der Waals surface area contributed by atoms with Gasteiger partial charge in [-0.15, -0.1) is 0 Å². The summed E-state index contributed by atoms with van der Waals surface area (Å²) in [5.41, 5.74) is 6.53. The van der Waals surface area contributed by atoms with Crippen molar-refractivity contribution >= 4 is 23.3 Å². The fraction of sp³-hybridized carbons (Fsp3) is 0.133. The molecule has 0 bridgehead atoms. The first kappa shape index (κ1) is 15.0. The summed E-state index contributed by atoms with van der Waals surface area (Å²) in [6.45, 7) is 0.193. The van der Waals surface area contributed by atoms with Crippen LogP contribution in [0, 0.1) is 0 Å². The molecule has 0 aliphatic carbocycles. The Morgan fingerprint density at radius 2 is 2.00 bits per heavy atom. The van der Waals surface area contributed by atoms with Crippen LogP contribution in [0.4, 0.5) is 5.69 Å². The van der Waals surface area contributed by atoms with E-state index in [0.717, 1.165) is 5.56 Å². The average molecular weight is 308 g/mol. The standard InChI is InChI=1S/C15H14ClNO4/c1-20-13-7-12(17)10(15(18)19)6-14(13)21-8-9-4-2-3-5-11(9)16/h2-7H,8,17H2,1H3,(H,18,19). The van der Waals surface area contributed by atoms with Crippen LogP contribution in [0.15, 0.2) is 36.4 Å². The molecule has 0 radical (unpaired) electrons. The number of nitrogen functional groups attached to an aromatic ring is 1. The minimum atomic E-state index is -1.13. The van der Waals surface area contributed by atoms with Crippen LogP contribution in [0.2, 0.25) is 5.02 Å². The van der Waals surface area contributed by atoms with Crippen LogP contribution in [-0.4, -0.2) is 18.2 Å². The molecule has 0 saturated carbocycles. The number of anilines is 1. The van der Waals surface area contributed by atoms with E-state index >= 15 is 0 Å². The van der Waals surface area contributed by atoms with Gasteiger partial charge in [0.25, 0.3) is 0 Å². The van der Waals surface area contributed by atoms with Crippen LogP contribution in [0.25, 0.3) is 0 Å². The van der Waals surface area contributed by atoms with Gasteiger partial charge < -0.3 is 20.3 Å². The van der Waals surface area contributed by atoms with E-state index in [1.807, 2.05) is 18.2 Å². The molecule has 0 aliphatic rings. The second-order valence-corrected chi connectivity index (χ2v) is 4.68. The lowest BCUT2D eigenvalue weighted by Gasteiger charge is -2.13. The third-order valence-electron chi connectivity index (χ3n) is 2.91. The number of aromatic carboxylic acids is 1. The Kier molecular flexibility index (Phi) is 4.55. The van der Waals surface area contributed by atoms with E-state index in [-0.39, 0.29) is 17.9 Å². The highest BCUT2D eigenvalue weighted by molar-refractivity contribution is 6.31. The lowest BCUT2D eigenvalue weighted by molar-refractivity contribution is 0.0697. The molecule has 21 heavy (non-hydrogen) atoms. The normalized spacial score (nSPS) is 10.2. The van der Waals surface area contributed by atoms with Crippen LogP contribution >= 0.6 is 11.6 Å². The molecule has 0 aliphatic heterocycles. The Labute approximate surface area is 126 Å². The first-order chi connectivity index (χ1) is 10.0. The Morgan fingerprint density at radius 1 is 1.29 bits per heavy atom. The lowest BCUT2D eigenvalue weighted by Crippen LogP contribution is -2.05. The first-order valence-corrected chi connectivity index (χ1v) is 6.47. The molecule has 3 N–H and O–H groups in total. The number of methoxy groups -OCH3 is 1. The molecule has 0 saturated heterocycles. The fourth-order valence-corrected chi connectivity index (χ4v) is 1.99. The van der Waals surface area contributed by atoms with Crippen molar-refractivity contribution in [2.24, 2.45) is 0 Å². The minimum absolute atomic E-state index is 0.0371. The van der Waals surface area contributed by atoms with Crippen molar-refractivity contribution in [3.8, 4) is 11.5 Å².